The molecule has 1 atom stereocenters. The number of amides is 2. The zero-order valence-corrected chi connectivity index (χ0v) is 17.5. The molecule has 0 unspecified atom stereocenters. The van der Waals surface area contributed by atoms with Crippen LogP contribution >= 0.6 is 11.8 Å². The van der Waals surface area contributed by atoms with E-state index in [9.17, 15) is 14.4 Å². The van der Waals surface area contributed by atoms with Crippen molar-refractivity contribution in [3.8, 4) is 0 Å². The Morgan fingerprint density at radius 1 is 1.17 bits per heavy atom. The molecule has 1 saturated heterocycles. The molecule has 2 aromatic rings. The molecule has 0 radical (unpaired) electrons. The molecule has 1 heterocycles. The van der Waals surface area contributed by atoms with Gasteiger partial charge in [0.1, 0.15) is 0 Å². The Hall–Kier alpha value is -2.80. The van der Waals surface area contributed by atoms with Crippen LogP contribution < -0.4 is 10.2 Å². The van der Waals surface area contributed by atoms with E-state index in [0.29, 0.717) is 5.69 Å². The Kier molecular flexibility index (Phi) is 6.59. The number of carbonyl (C=O) groups excluding carboxylic acids is 3. The number of rotatable bonds is 6. The molecule has 0 aromatic heterocycles. The Morgan fingerprint density at radius 3 is 2.59 bits per heavy atom. The summed E-state index contributed by atoms with van der Waals surface area (Å²) in [6.07, 6.45) is 2.05. The molecule has 0 bridgehead atoms. The normalized spacial score (nSPS) is 16.0. The monoisotopic (exact) mass is 412 g/mol. The van der Waals surface area contributed by atoms with Crippen LogP contribution in [0.4, 0.5) is 11.4 Å². The van der Waals surface area contributed by atoms with Crippen molar-refractivity contribution in [2.45, 2.75) is 25.2 Å². The Labute approximate surface area is 174 Å². The predicted molar refractivity (Wildman–Crippen MR) is 114 cm³/mol. The van der Waals surface area contributed by atoms with Crippen LogP contribution in [0.15, 0.2) is 47.4 Å². The van der Waals surface area contributed by atoms with Gasteiger partial charge in [0.25, 0.3) is 5.91 Å². The highest BCUT2D eigenvalue weighted by Gasteiger charge is 2.36. The van der Waals surface area contributed by atoms with Gasteiger partial charge >= 0.3 is 5.97 Å². The van der Waals surface area contributed by atoms with E-state index in [-0.39, 0.29) is 25.5 Å². The van der Waals surface area contributed by atoms with Gasteiger partial charge in [-0.2, -0.15) is 0 Å². The van der Waals surface area contributed by atoms with E-state index in [1.165, 1.54) is 0 Å². The number of hydrogen-bond acceptors (Lipinski definition) is 5. The lowest BCUT2D eigenvalue weighted by molar-refractivity contribution is -0.151. The Balaban J connectivity index is 1.54. The predicted octanol–water partition coefficient (Wildman–Crippen LogP) is 3.56. The van der Waals surface area contributed by atoms with Gasteiger partial charge in [-0.25, -0.2) is 0 Å². The molecule has 0 saturated carbocycles. The van der Waals surface area contributed by atoms with E-state index in [1.807, 2.05) is 62.6 Å². The fourth-order valence-electron chi connectivity index (χ4n) is 3.39. The molecule has 1 aliphatic rings. The van der Waals surface area contributed by atoms with Crippen molar-refractivity contribution in [3.05, 3.63) is 53.6 Å². The molecule has 7 heteroatoms. The van der Waals surface area contributed by atoms with Crippen LogP contribution in [0.1, 0.15) is 17.5 Å². The van der Waals surface area contributed by atoms with E-state index < -0.39 is 17.8 Å². The maximum atomic E-state index is 12.4. The minimum atomic E-state index is -0.575. The van der Waals surface area contributed by atoms with Crippen molar-refractivity contribution < 1.29 is 19.1 Å². The summed E-state index contributed by atoms with van der Waals surface area (Å²) in [5, 5.41) is 2.73. The molecular weight excluding hydrogens is 388 g/mol. The SMILES string of the molecule is CSc1cccc(N2C[C@@H](C(=O)OCC(=O)Nc3cc(C)cc(C)c3)CC2=O)c1. The van der Waals surface area contributed by atoms with Gasteiger partial charge in [0.15, 0.2) is 6.61 Å². The summed E-state index contributed by atoms with van der Waals surface area (Å²) in [6, 6.07) is 13.3. The molecule has 2 amide bonds. The van der Waals surface area contributed by atoms with Crippen molar-refractivity contribution in [1.82, 2.24) is 0 Å². The number of ether oxygens (including phenoxy) is 1. The molecule has 29 heavy (non-hydrogen) atoms. The number of esters is 1. The van der Waals surface area contributed by atoms with Crippen LogP contribution in [0.25, 0.3) is 0 Å². The molecule has 0 spiro atoms. The van der Waals surface area contributed by atoms with E-state index in [0.717, 1.165) is 21.7 Å². The number of anilines is 2. The first-order chi connectivity index (χ1) is 13.9. The van der Waals surface area contributed by atoms with Crippen LogP contribution in [0, 0.1) is 19.8 Å². The van der Waals surface area contributed by atoms with Crippen LogP contribution in [0.3, 0.4) is 0 Å². The third kappa shape index (κ3) is 5.38. The van der Waals surface area contributed by atoms with E-state index in [1.54, 1.807) is 16.7 Å². The minimum Gasteiger partial charge on any atom is -0.455 e. The molecule has 2 aromatic carbocycles. The van der Waals surface area contributed by atoms with E-state index in [2.05, 4.69) is 5.32 Å². The highest BCUT2D eigenvalue weighted by molar-refractivity contribution is 7.98. The molecule has 3 rings (SSSR count). The number of nitrogens with one attached hydrogen (secondary N) is 1. The van der Waals surface area contributed by atoms with Crippen LogP contribution in [-0.2, 0) is 19.1 Å². The van der Waals surface area contributed by atoms with Gasteiger partial charge in [-0.3, -0.25) is 14.4 Å². The number of benzene rings is 2. The molecule has 1 N–H and O–H groups in total. The lowest BCUT2D eigenvalue weighted by atomic mass is 10.1. The van der Waals surface area contributed by atoms with Gasteiger partial charge in [0, 0.05) is 29.2 Å². The third-order valence-electron chi connectivity index (χ3n) is 4.67. The molecule has 1 aliphatic heterocycles. The molecule has 6 nitrogen and oxygen atoms in total. The second-order valence-corrected chi connectivity index (χ2v) is 8.02. The maximum absolute atomic E-state index is 12.4. The van der Waals surface area contributed by atoms with Crippen molar-refractivity contribution in [3.63, 3.8) is 0 Å². The lowest BCUT2D eigenvalue weighted by Crippen LogP contribution is -2.28. The first kappa shape index (κ1) is 20.9. The molecule has 1 fully saturated rings. The Morgan fingerprint density at radius 2 is 1.90 bits per heavy atom. The summed E-state index contributed by atoms with van der Waals surface area (Å²) in [5.41, 5.74) is 3.50. The highest BCUT2D eigenvalue weighted by atomic mass is 32.2. The second kappa shape index (κ2) is 9.13. The van der Waals surface area contributed by atoms with Gasteiger partial charge in [-0.1, -0.05) is 12.1 Å². The summed E-state index contributed by atoms with van der Waals surface area (Å²) < 4.78 is 5.16. The van der Waals surface area contributed by atoms with Crippen molar-refractivity contribution >= 4 is 40.9 Å². The van der Waals surface area contributed by atoms with Gasteiger partial charge in [-0.05, 0) is 61.6 Å². The first-order valence-corrected chi connectivity index (χ1v) is 10.6. The number of nitrogens with zero attached hydrogens (tertiary/aromatic N) is 1. The summed E-state index contributed by atoms with van der Waals surface area (Å²) in [6.45, 7) is 3.77. The molecular formula is C22H24N2O4S. The standard InChI is InChI=1S/C22H24N2O4S/c1-14-7-15(2)9-17(8-14)23-20(25)13-28-22(27)16-10-21(26)24(12-16)18-5-4-6-19(11-18)29-3/h4-9,11,16H,10,12-13H2,1-3H3,(H,23,25)/t16-/m0/s1. The summed E-state index contributed by atoms with van der Waals surface area (Å²) in [4.78, 5) is 39.5. The quantitative estimate of drug-likeness (QED) is 0.580. The molecule has 152 valence electrons. The number of carbonyl (C=O) groups is 3. The first-order valence-electron chi connectivity index (χ1n) is 9.35. The smallest absolute Gasteiger partial charge is 0.311 e. The van der Waals surface area contributed by atoms with Crippen LogP contribution in [0.2, 0.25) is 0 Å². The summed E-state index contributed by atoms with van der Waals surface area (Å²) >= 11 is 1.59. The van der Waals surface area contributed by atoms with E-state index >= 15 is 0 Å². The number of thioether (sulfide) groups is 1. The fourth-order valence-corrected chi connectivity index (χ4v) is 3.85. The van der Waals surface area contributed by atoms with E-state index in [4.69, 9.17) is 4.74 Å². The van der Waals surface area contributed by atoms with Gasteiger partial charge in [0.2, 0.25) is 5.91 Å². The topological polar surface area (TPSA) is 75.7 Å². The summed E-state index contributed by atoms with van der Waals surface area (Å²) in [5.74, 6) is -1.63. The number of hydrogen-bond donors (Lipinski definition) is 1. The highest BCUT2D eigenvalue weighted by Crippen LogP contribution is 2.28. The molecule has 0 aliphatic carbocycles. The minimum absolute atomic E-state index is 0.0843. The zero-order chi connectivity index (χ0) is 21.0. The fraction of sp³-hybridized carbons (Fsp3) is 0.318. The largest absolute Gasteiger partial charge is 0.455 e. The second-order valence-electron chi connectivity index (χ2n) is 7.14. The maximum Gasteiger partial charge on any atom is 0.311 e. The lowest BCUT2D eigenvalue weighted by Gasteiger charge is -2.17. The summed E-state index contributed by atoms with van der Waals surface area (Å²) in [7, 11) is 0. The average Bonchev–Trinajstić information content (AvgIpc) is 3.07. The Bertz CT molecular complexity index is 924. The van der Waals surface area contributed by atoms with Crippen LogP contribution in [0.5, 0.6) is 0 Å². The van der Waals surface area contributed by atoms with Crippen molar-refractivity contribution in [2.75, 3.05) is 29.6 Å². The third-order valence-corrected chi connectivity index (χ3v) is 5.40. The van der Waals surface area contributed by atoms with Crippen LogP contribution in [-0.4, -0.2) is 37.2 Å². The zero-order valence-electron chi connectivity index (χ0n) is 16.7. The number of aryl methyl sites for hydroxylation is 2. The van der Waals surface area contributed by atoms with Gasteiger partial charge < -0.3 is 15.0 Å². The van der Waals surface area contributed by atoms with Crippen molar-refractivity contribution in [2.24, 2.45) is 5.92 Å². The van der Waals surface area contributed by atoms with Gasteiger partial charge in [-0.15, -0.1) is 11.8 Å². The van der Waals surface area contributed by atoms with Crippen molar-refractivity contribution in [1.29, 1.82) is 0 Å². The average molecular weight is 413 g/mol. The van der Waals surface area contributed by atoms with Gasteiger partial charge in [0.05, 0.1) is 5.92 Å².